The number of imidazole rings is 1. The molecule has 5 nitrogen and oxygen atoms in total. The summed E-state index contributed by atoms with van der Waals surface area (Å²) in [6, 6.07) is 2.18. The summed E-state index contributed by atoms with van der Waals surface area (Å²) in [5, 5.41) is 0. The first kappa shape index (κ1) is 10.0. The van der Waals surface area contributed by atoms with Gasteiger partial charge in [-0.3, -0.25) is 4.57 Å². The molecule has 6 heteroatoms. The number of rotatable bonds is 1. The summed E-state index contributed by atoms with van der Waals surface area (Å²) in [5.41, 5.74) is 7.57. The van der Waals surface area contributed by atoms with Crippen LogP contribution in [0, 0.1) is 0 Å². The highest BCUT2D eigenvalue weighted by molar-refractivity contribution is 9.10. The average Bonchev–Trinajstić information content (AvgIpc) is 2.83. The van der Waals surface area contributed by atoms with Crippen LogP contribution in [0.4, 0.5) is 5.95 Å². The molecule has 0 amide bonds. The van der Waals surface area contributed by atoms with Gasteiger partial charge in [0.05, 0.1) is 12.6 Å². The van der Waals surface area contributed by atoms with Crippen molar-refractivity contribution in [3.8, 4) is 0 Å². The van der Waals surface area contributed by atoms with Crippen LogP contribution < -0.4 is 5.73 Å². The monoisotopic (exact) mass is 282 g/mol. The van der Waals surface area contributed by atoms with E-state index in [4.69, 9.17) is 10.5 Å². The molecule has 1 saturated heterocycles. The van der Waals surface area contributed by atoms with Crippen LogP contribution >= 0.6 is 15.9 Å². The highest BCUT2D eigenvalue weighted by atomic mass is 79.9. The Kier molecular flexibility index (Phi) is 2.33. The second-order valence-corrected chi connectivity index (χ2v) is 4.77. The van der Waals surface area contributed by atoms with Gasteiger partial charge in [0, 0.05) is 17.3 Å². The maximum Gasteiger partial charge on any atom is 0.202 e. The second-order valence-electron chi connectivity index (χ2n) is 3.85. The van der Waals surface area contributed by atoms with E-state index in [2.05, 4.69) is 25.9 Å². The molecule has 0 spiro atoms. The third kappa shape index (κ3) is 1.49. The largest absolute Gasteiger partial charge is 0.379 e. The zero-order chi connectivity index (χ0) is 11.1. The van der Waals surface area contributed by atoms with Crippen LogP contribution in [0.1, 0.15) is 12.5 Å². The van der Waals surface area contributed by atoms with Crippen LogP contribution in [0.15, 0.2) is 16.7 Å². The SMILES string of the molecule is Nc1nc2cc(Br)cnc2n1C1CCOC1. The molecule has 1 aliphatic rings. The number of anilines is 1. The lowest BCUT2D eigenvalue weighted by atomic mass is 10.2. The molecule has 84 valence electrons. The van der Waals surface area contributed by atoms with Crippen molar-refractivity contribution in [3.63, 3.8) is 0 Å². The van der Waals surface area contributed by atoms with Crippen molar-refractivity contribution in [1.29, 1.82) is 0 Å². The van der Waals surface area contributed by atoms with Crippen molar-refractivity contribution in [2.24, 2.45) is 0 Å². The minimum Gasteiger partial charge on any atom is -0.379 e. The maximum atomic E-state index is 5.92. The fraction of sp³-hybridized carbons (Fsp3) is 0.400. The van der Waals surface area contributed by atoms with Gasteiger partial charge in [0.1, 0.15) is 5.52 Å². The van der Waals surface area contributed by atoms with E-state index >= 15 is 0 Å². The summed E-state index contributed by atoms with van der Waals surface area (Å²) in [6.45, 7) is 1.47. The number of nitrogens with zero attached hydrogens (tertiary/aromatic N) is 3. The number of fused-ring (bicyclic) bond motifs is 1. The first-order chi connectivity index (χ1) is 7.75. The van der Waals surface area contributed by atoms with E-state index < -0.39 is 0 Å². The normalized spacial score (nSPS) is 20.7. The Bertz CT molecular complexity index is 533. The molecule has 1 atom stereocenters. The molecule has 0 saturated carbocycles. The third-order valence-corrected chi connectivity index (χ3v) is 3.23. The van der Waals surface area contributed by atoms with Crippen molar-refractivity contribution in [3.05, 3.63) is 16.7 Å². The predicted octanol–water partition coefficient (Wildman–Crippen LogP) is 1.74. The van der Waals surface area contributed by atoms with E-state index in [9.17, 15) is 0 Å². The summed E-state index contributed by atoms with van der Waals surface area (Å²) in [6.07, 6.45) is 2.73. The van der Waals surface area contributed by atoms with E-state index in [-0.39, 0.29) is 6.04 Å². The Hall–Kier alpha value is -1.14. The molecular formula is C10H11BrN4O. The summed E-state index contributed by atoms with van der Waals surface area (Å²) in [4.78, 5) is 8.68. The van der Waals surface area contributed by atoms with Crippen LogP contribution in [0.25, 0.3) is 11.2 Å². The molecular weight excluding hydrogens is 272 g/mol. The summed E-state index contributed by atoms with van der Waals surface area (Å²) in [7, 11) is 0. The lowest BCUT2D eigenvalue weighted by Crippen LogP contribution is -2.12. The average molecular weight is 283 g/mol. The number of ether oxygens (including phenoxy) is 1. The summed E-state index contributed by atoms with van der Waals surface area (Å²) in [5.74, 6) is 0.510. The fourth-order valence-corrected chi connectivity index (χ4v) is 2.38. The van der Waals surface area contributed by atoms with Crippen molar-refractivity contribution in [2.75, 3.05) is 18.9 Å². The van der Waals surface area contributed by atoms with Crippen LogP contribution in [-0.4, -0.2) is 27.7 Å². The van der Waals surface area contributed by atoms with Crippen LogP contribution in [0.2, 0.25) is 0 Å². The first-order valence-corrected chi connectivity index (χ1v) is 5.91. The number of aromatic nitrogens is 3. The molecule has 1 fully saturated rings. The molecule has 0 bridgehead atoms. The highest BCUT2D eigenvalue weighted by Crippen LogP contribution is 2.27. The zero-order valence-corrected chi connectivity index (χ0v) is 10.1. The highest BCUT2D eigenvalue weighted by Gasteiger charge is 2.22. The Morgan fingerprint density at radius 1 is 1.56 bits per heavy atom. The van der Waals surface area contributed by atoms with Gasteiger partial charge in [-0.1, -0.05) is 0 Å². The van der Waals surface area contributed by atoms with Crippen molar-refractivity contribution >= 4 is 33.0 Å². The third-order valence-electron chi connectivity index (χ3n) is 2.79. The van der Waals surface area contributed by atoms with Crippen LogP contribution in [-0.2, 0) is 4.74 Å². The van der Waals surface area contributed by atoms with Gasteiger partial charge < -0.3 is 10.5 Å². The van der Waals surface area contributed by atoms with Gasteiger partial charge in [-0.05, 0) is 28.4 Å². The van der Waals surface area contributed by atoms with E-state index in [1.165, 1.54) is 0 Å². The molecule has 1 aliphatic heterocycles. The van der Waals surface area contributed by atoms with Gasteiger partial charge in [0.25, 0.3) is 0 Å². The molecule has 1 unspecified atom stereocenters. The Morgan fingerprint density at radius 2 is 2.44 bits per heavy atom. The van der Waals surface area contributed by atoms with Gasteiger partial charge in [-0.2, -0.15) is 0 Å². The molecule has 2 aromatic rings. The standard InChI is InChI=1S/C10H11BrN4O/c11-6-3-8-9(13-4-6)15(10(12)14-8)7-1-2-16-5-7/h3-4,7H,1-2,5H2,(H2,12,14). The number of hydrogen-bond acceptors (Lipinski definition) is 4. The quantitative estimate of drug-likeness (QED) is 0.865. The number of nitrogen functional groups attached to an aromatic ring is 1. The molecule has 2 N–H and O–H groups in total. The number of nitrogens with two attached hydrogens (primary N) is 1. The zero-order valence-electron chi connectivity index (χ0n) is 8.56. The van der Waals surface area contributed by atoms with Crippen LogP contribution in [0.5, 0.6) is 0 Å². The Morgan fingerprint density at radius 3 is 3.19 bits per heavy atom. The number of hydrogen-bond donors (Lipinski definition) is 1. The Labute approximate surface area is 101 Å². The lowest BCUT2D eigenvalue weighted by Gasteiger charge is -2.11. The maximum absolute atomic E-state index is 5.92. The van der Waals surface area contributed by atoms with Crippen LogP contribution in [0.3, 0.4) is 0 Å². The van der Waals surface area contributed by atoms with Gasteiger partial charge in [-0.25, -0.2) is 9.97 Å². The molecule has 0 aromatic carbocycles. The van der Waals surface area contributed by atoms with Crippen molar-refractivity contribution < 1.29 is 4.74 Å². The minimum absolute atomic E-state index is 0.263. The minimum atomic E-state index is 0.263. The van der Waals surface area contributed by atoms with Crippen molar-refractivity contribution in [1.82, 2.24) is 14.5 Å². The molecule has 3 rings (SSSR count). The molecule has 0 radical (unpaired) electrons. The smallest absolute Gasteiger partial charge is 0.202 e. The number of halogens is 1. The van der Waals surface area contributed by atoms with Crippen molar-refractivity contribution in [2.45, 2.75) is 12.5 Å². The Balaban J connectivity index is 2.18. The van der Waals surface area contributed by atoms with Gasteiger partial charge in [0.15, 0.2) is 5.65 Å². The van der Waals surface area contributed by atoms with E-state index in [0.717, 1.165) is 28.7 Å². The summed E-state index contributed by atoms with van der Waals surface area (Å²) >= 11 is 3.37. The lowest BCUT2D eigenvalue weighted by molar-refractivity contribution is 0.187. The number of pyridine rings is 1. The molecule has 2 aromatic heterocycles. The van der Waals surface area contributed by atoms with E-state index in [1.807, 2.05) is 10.6 Å². The molecule has 0 aliphatic carbocycles. The topological polar surface area (TPSA) is 66.0 Å². The first-order valence-electron chi connectivity index (χ1n) is 5.12. The molecule has 3 heterocycles. The van der Waals surface area contributed by atoms with Gasteiger partial charge in [-0.15, -0.1) is 0 Å². The van der Waals surface area contributed by atoms with Gasteiger partial charge >= 0.3 is 0 Å². The fourth-order valence-electron chi connectivity index (χ4n) is 2.06. The summed E-state index contributed by atoms with van der Waals surface area (Å²) < 4.78 is 8.24. The second kappa shape index (κ2) is 3.71. The molecule has 16 heavy (non-hydrogen) atoms. The van der Waals surface area contributed by atoms with Gasteiger partial charge in [0.2, 0.25) is 5.95 Å². The van der Waals surface area contributed by atoms with E-state index in [0.29, 0.717) is 12.6 Å². The predicted molar refractivity (Wildman–Crippen MR) is 64.1 cm³/mol. The van der Waals surface area contributed by atoms with E-state index in [1.54, 1.807) is 6.20 Å².